The van der Waals surface area contributed by atoms with Crippen LogP contribution in [0, 0.1) is 0 Å². The van der Waals surface area contributed by atoms with Crippen molar-refractivity contribution in [3.8, 4) is 17.2 Å². The van der Waals surface area contributed by atoms with Crippen LogP contribution in [0.4, 0.5) is 0 Å². The zero-order valence-electron chi connectivity index (χ0n) is 21.8. The molecule has 0 amide bonds. The van der Waals surface area contributed by atoms with Gasteiger partial charge in [0, 0.05) is 0 Å². The number of hydrogen-bond acceptors (Lipinski definition) is 5. The molecule has 0 unspecified atom stereocenters. The normalized spacial score (nSPS) is 12.3. The maximum absolute atomic E-state index is 12.9. The molecule has 0 saturated heterocycles. The molecule has 2 aromatic rings. The monoisotopic (exact) mass is 468 g/mol. The average molecular weight is 469 g/mol. The van der Waals surface area contributed by atoms with Gasteiger partial charge in [-0.2, -0.15) is 0 Å². The molecule has 5 nitrogen and oxygen atoms in total. The van der Waals surface area contributed by atoms with Crippen LogP contribution in [0.3, 0.4) is 0 Å². The fourth-order valence-corrected chi connectivity index (χ4v) is 3.32. The van der Waals surface area contributed by atoms with Crippen LogP contribution in [0.1, 0.15) is 74.1 Å². The summed E-state index contributed by atoms with van der Waals surface area (Å²) < 4.78 is 23.8. The van der Waals surface area contributed by atoms with Crippen molar-refractivity contribution in [2.24, 2.45) is 0 Å². The Morgan fingerprint density at radius 1 is 1.00 bits per heavy atom. The fraction of sp³-hybridized carbons (Fsp3) is 0.483. The topological polar surface area (TPSA) is 57.9 Å². The molecule has 0 aliphatic heterocycles. The average Bonchev–Trinajstić information content (AvgIpc) is 2.73. The molecule has 0 fully saturated rings. The summed E-state index contributed by atoms with van der Waals surface area (Å²) in [5.74, 6) is 1.03. The predicted molar refractivity (Wildman–Crippen MR) is 140 cm³/mol. The summed E-state index contributed by atoms with van der Waals surface area (Å²) >= 11 is 0. The van der Waals surface area contributed by atoms with Crippen LogP contribution in [-0.4, -0.2) is 18.8 Å². The highest BCUT2D eigenvalue weighted by molar-refractivity contribution is 5.91. The first-order chi connectivity index (χ1) is 16.1. The first-order valence-corrected chi connectivity index (χ1v) is 12.1. The number of rotatable bonds is 12. The summed E-state index contributed by atoms with van der Waals surface area (Å²) in [6.07, 6.45) is 12.0. The van der Waals surface area contributed by atoms with E-state index < -0.39 is 11.2 Å². The Hall–Kier alpha value is -2.95. The van der Waals surface area contributed by atoms with Crippen molar-refractivity contribution >= 4 is 11.0 Å². The molecule has 2 rings (SSSR count). The van der Waals surface area contributed by atoms with Crippen molar-refractivity contribution in [1.29, 1.82) is 0 Å². The van der Waals surface area contributed by atoms with Crippen molar-refractivity contribution in [2.75, 3.05) is 13.2 Å². The van der Waals surface area contributed by atoms with Crippen molar-refractivity contribution in [3.63, 3.8) is 0 Å². The van der Waals surface area contributed by atoms with E-state index in [0.29, 0.717) is 29.1 Å². The quantitative estimate of drug-likeness (QED) is 0.181. The largest absolute Gasteiger partial charge is 0.488 e. The maximum atomic E-state index is 12.9. The Kier molecular flexibility index (Phi) is 10.5. The molecule has 0 N–H and O–H groups in total. The van der Waals surface area contributed by atoms with Crippen LogP contribution < -0.4 is 19.8 Å². The second-order valence-electron chi connectivity index (χ2n) is 9.59. The van der Waals surface area contributed by atoms with E-state index in [1.807, 2.05) is 32.9 Å². The van der Waals surface area contributed by atoms with Gasteiger partial charge in [-0.05, 0) is 85.4 Å². The summed E-state index contributed by atoms with van der Waals surface area (Å²) in [6, 6.07) is 5.40. The molecule has 5 heteroatoms. The van der Waals surface area contributed by atoms with Crippen molar-refractivity contribution in [3.05, 3.63) is 64.1 Å². The number of allylic oxidation sites excluding steroid dienone is 4. The van der Waals surface area contributed by atoms with Gasteiger partial charge >= 0.3 is 5.63 Å². The van der Waals surface area contributed by atoms with E-state index in [0.717, 1.165) is 25.7 Å². The van der Waals surface area contributed by atoms with Gasteiger partial charge < -0.3 is 18.6 Å². The van der Waals surface area contributed by atoms with Crippen LogP contribution in [0.2, 0.25) is 0 Å². The third-order valence-corrected chi connectivity index (χ3v) is 4.91. The van der Waals surface area contributed by atoms with E-state index in [9.17, 15) is 4.79 Å². The van der Waals surface area contributed by atoms with E-state index in [-0.39, 0.29) is 12.4 Å². The lowest BCUT2D eigenvalue weighted by Crippen LogP contribution is -2.23. The van der Waals surface area contributed by atoms with Gasteiger partial charge in [0.05, 0.1) is 6.61 Å². The van der Waals surface area contributed by atoms with Crippen LogP contribution in [0.25, 0.3) is 11.0 Å². The highest BCUT2D eigenvalue weighted by atomic mass is 16.5. The Labute approximate surface area is 204 Å². The van der Waals surface area contributed by atoms with Gasteiger partial charge in [0.2, 0.25) is 5.75 Å². The maximum Gasteiger partial charge on any atom is 0.383 e. The summed E-state index contributed by atoms with van der Waals surface area (Å²) in [4.78, 5) is 12.9. The van der Waals surface area contributed by atoms with Crippen LogP contribution in [0.5, 0.6) is 17.2 Å². The molecule has 0 saturated carbocycles. The van der Waals surface area contributed by atoms with Crippen LogP contribution in [-0.2, 0) is 0 Å². The number of ether oxygens (including phenoxy) is 3. The van der Waals surface area contributed by atoms with Gasteiger partial charge in [0.1, 0.15) is 28.9 Å². The van der Waals surface area contributed by atoms with Crippen molar-refractivity contribution < 1.29 is 18.6 Å². The number of benzene rings is 1. The molecule has 0 aliphatic rings. The Balaban J connectivity index is 2.40. The minimum absolute atomic E-state index is 0.0743. The minimum Gasteiger partial charge on any atom is -0.488 e. The number of fused-ring (bicyclic) bond motifs is 1. The van der Waals surface area contributed by atoms with Crippen molar-refractivity contribution in [2.45, 2.75) is 79.8 Å². The lowest BCUT2D eigenvalue weighted by atomic mass is 10.1. The van der Waals surface area contributed by atoms with Gasteiger partial charge in [0.15, 0.2) is 5.75 Å². The summed E-state index contributed by atoms with van der Waals surface area (Å²) in [6.45, 7) is 14.9. The van der Waals surface area contributed by atoms with E-state index in [4.69, 9.17) is 18.6 Å². The zero-order chi connectivity index (χ0) is 25.1. The molecule has 0 radical (unpaired) electrons. The molecule has 186 valence electrons. The van der Waals surface area contributed by atoms with E-state index in [2.05, 4.69) is 45.9 Å². The van der Waals surface area contributed by atoms with E-state index >= 15 is 0 Å². The minimum atomic E-state index is -0.560. The smallest absolute Gasteiger partial charge is 0.383 e. The third kappa shape index (κ3) is 8.77. The summed E-state index contributed by atoms with van der Waals surface area (Å²) in [7, 11) is 0. The molecular weight excluding hydrogens is 428 g/mol. The SMILES string of the molecule is CCC=CCCOc1c(OC/C=C(\C)CCC=C(C)C)c(=O)oc2cccc(OC(C)(C)C)c12. The molecular formula is C29H40O5. The fourth-order valence-electron chi connectivity index (χ4n) is 3.32. The first kappa shape index (κ1) is 27.3. The molecule has 1 aromatic heterocycles. The lowest BCUT2D eigenvalue weighted by molar-refractivity contribution is 0.132. The van der Waals surface area contributed by atoms with Crippen LogP contribution >= 0.6 is 0 Å². The molecule has 0 bridgehead atoms. The summed E-state index contributed by atoms with van der Waals surface area (Å²) in [5.41, 5.74) is 1.92. The highest BCUT2D eigenvalue weighted by Crippen LogP contribution is 2.40. The summed E-state index contributed by atoms with van der Waals surface area (Å²) in [5, 5.41) is 0.607. The second kappa shape index (κ2) is 13.1. The lowest BCUT2D eigenvalue weighted by Gasteiger charge is -2.23. The predicted octanol–water partition coefficient (Wildman–Crippen LogP) is 7.78. The van der Waals surface area contributed by atoms with E-state index in [1.165, 1.54) is 11.1 Å². The zero-order valence-corrected chi connectivity index (χ0v) is 21.8. The molecule has 0 spiro atoms. The highest BCUT2D eigenvalue weighted by Gasteiger charge is 2.23. The number of hydrogen-bond donors (Lipinski definition) is 0. The van der Waals surface area contributed by atoms with Crippen molar-refractivity contribution in [1.82, 2.24) is 0 Å². The first-order valence-electron chi connectivity index (χ1n) is 12.1. The van der Waals surface area contributed by atoms with E-state index in [1.54, 1.807) is 12.1 Å². The van der Waals surface area contributed by atoms with Gasteiger partial charge in [-0.3, -0.25) is 0 Å². The molecule has 1 aromatic carbocycles. The molecule has 1 heterocycles. The molecule has 34 heavy (non-hydrogen) atoms. The second-order valence-corrected chi connectivity index (χ2v) is 9.59. The van der Waals surface area contributed by atoms with Gasteiger partial charge in [-0.15, -0.1) is 0 Å². The van der Waals surface area contributed by atoms with Gasteiger partial charge in [-0.25, -0.2) is 4.79 Å². The van der Waals surface area contributed by atoms with Gasteiger partial charge in [0.25, 0.3) is 0 Å². The molecule has 0 atom stereocenters. The Bertz CT molecular complexity index is 1080. The Morgan fingerprint density at radius 2 is 1.76 bits per heavy atom. The standard InChI is InChI=1S/C29H40O5/c1-8-9-10-11-19-31-26-25-23(16-13-17-24(25)34-29(5,6)7)33-28(30)27(26)32-20-18-22(4)15-12-14-21(2)3/h9-10,13-14,16-18H,8,11-12,15,19-20H2,1-7H3/b10-9?,22-18+. The van der Waals surface area contributed by atoms with Gasteiger partial charge in [-0.1, -0.05) is 42.4 Å². The Morgan fingerprint density at radius 3 is 2.44 bits per heavy atom. The molecule has 0 aliphatic carbocycles. The van der Waals surface area contributed by atoms with Crippen LogP contribution in [0.15, 0.2) is 62.9 Å². The third-order valence-electron chi connectivity index (χ3n) is 4.91.